The van der Waals surface area contributed by atoms with Crippen molar-refractivity contribution in [3.05, 3.63) is 30.9 Å². The highest BCUT2D eigenvalue weighted by Gasteiger charge is 2.10. The second-order valence-electron chi connectivity index (χ2n) is 4.01. The van der Waals surface area contributed by atoms with Gasteiger partial charge in [-0.2, -0.15) is 0 Å². The van der Waals surface area contributed by atoms with Crippen LogP contribution in [0, 0.1) is 0 Å². The fourth-order valence-electron chi connectivity index (χ4n) is 1.90. The van der Waals surface area contributed by atoms with E-state index in [2.05, 4.69) is 25.3 Å². The minimum Gasteiger partial charge on any atom is -0.497 e. The molecule has 20 heavy (non-hydrogen) atoms. The van der Waals surface area contributed by atoms with Crippen LogP contribution in [0.5, 0.6) is 11.5 Å². The van der Waals surface area contributed by atoms with E-state index in [0.29, 0.717) is 17.2 Å². The van der Waals surface area contributed by atoms with Gasteiger partial charge in [0.15, 0.2) is 11.5 Å². The molecular weight excluding hydrogens is 258 g/mol. The molecule has 0 bridgehead atoms. The number of benzene rings is 1. The summed E-state index contributed by atoms with van der Waals surface area (Å²) in [5.41, 5.74) is 2.09. The second kappa shape index (κ2) is 5.04. The van der Waals surface area contributed by atoms with E-state index in [0.717, 1.165) is 17.0 Å². The Morgan fingerprint density at radius 2 is 2.00 bits per heavy atom. The number of methoxy groups -OCH3 is 2. The van der Waals surface area contributed by atoms with Gasteiger partial charge in [-0.15, -0.1) is 0 Å². The highest BCUT2D eigenvalue weighted by molar-refractivity contribution is 5.85. The van der Waals surface area contributed by atoms with Gasteiger partial charge in [0.1, 0.15) is 23.3 Å². The molecule has 0 saturated carbocycles. The normalized spacial score (nSPS) is 10.5. The summed E-state index contributed by atoms with van der Waals surface area (Å²) >= 11 is 0. The Bertz CT molecular complexity index is 740. The average molecular weight is 271 g/mol. The molecule has 0 radical (unpaired) electrons. The van der Waals surface area contributed by atoms with Crippen molar-refractivity contribution in [1.29, 1.82) is 0 Å². The standard InChI is InChI=1S/C13H13N5O2/c1-19-8-3-4-10(20-2)9(5-8)18-13-11-12(15-6-14-11)16-7-17-13/h3-7H,1-2H3,(H2,14,15,16,17,18). The molecule has 0 amide bonds. The minimum absolute atomic E-state index is 0.601. The third-order valence-electron chi connectivity index (χ3n) is 2.88. The first-order chi connectivity index (χ1) is 9.81. The predicted octanol–water partition coefficient (Wildman–Crippen LogP) is 2.11. The molecule has 0 atom stereocenters. The molecule has 0 fully saturated rings. The predicted molar refractivity (Wildman–Crippen MR) is 74.5 cm³/mol. The molecule has 1 aromatic carbocycles. The lowest BCUT2D eigenvalue weighted by Gasteiger charge is -2.12. The van der Waals surface area contributed by atoms with E-state index in [-0.39, 0.29) is 0 Å². The molecule has 7 nitrogen and oxygen atoms in total. The van der Waals surface area contributed by atoms with Gasteiger partial charge in [-0.1, -0.05) is 0 Å². The van der Waals surface area contributed by atoms with Gasteiger partial charge in [0.2, 0.25) is 0 Å². The molecule has 2 aromatic heterocycles. The highest BCUT2D eigenvalue weighted by atomic mass is 16.5. The van der Waals surface area contributed by atoms with Crippen LogP contribution in [-0.2, 0) is 0 Å². The largest absolute Gasteiger partial charge is 0.497 e. The van der Waals surface area contributed by atoms with Gasteiger partial charge >= 0.3 is 0 Å². The Kier molecular flexibility index (Phi) is 3.08. The molecular formula is C13H13N5O2. The Balaban J connectivity index is 2.04. The van der Waals surface area contributed by atoms with Crippen LogP contribution in [0.25, 0.3) is 11.2 Å². The smallest absolute Gasteiger partial charge is 0.182 e. The van der Waals surface area contributed by atoms with Crippen molar-refractivity contribution in [1.82, 2.24) is 19.9 Å². The van der Waals surface area contributed by atoms with Crippen molar-refractivity contribution in [2.75, 3.05) is 19.5 Å². The zero-order valence-electron chi connectivity index (χ0n) is 11.0. The molecule has 0 aliphatic carbocycles. The van der Waals surface area contributed by atoms with Crippen molar-refractivity contribution < 1.29 is 9.47 Å². The van der Waals surface area contributed by atoms with E-state index >= 15 is 0 Å². The van der Waals surface area contributed by atoms with Crippen LogP contribution >= 0.6 is 0 Å². The third kappa shape index (κ3) is 2.09. The Morgan fingerprint density at radius 1 is 1.10 bits per heavy atom. The first-order valence-electron chi connectivity index (χ1n) is 5.95. The molecule has 0 spiro atoms. The topological polar surface area (TPSA) is 84.9 Å². The summed E-state index contributed by atoms with van der Waals surface area (Å²) in [5.74, 6) is 2.04. The van der Waals surface area contributed by atoms with Gasteiger partial charge in [0.05, 0.1) is 26.2 Å². The maximum Gasteiger partial charge on any atom is 0.182 e. The molecule has 3 aromatic rings. The molecule has 102 valence electrons. The van der Waals surface area contributed by atoms with Gasteiger partial charge in [0.25, 0.3) is 0 Å². The monoisotopic (exact) mass is 271 g/mol. The van der Waals surface area contributed by atoms with Crippen LogP contribution in [-0.4, -0.2) is 34.2 Å². The summed E-state index contributed by atoms with van der Waals surface area (Å²) in [6, 6.07) is 5.49. The van der Waals surface area contributed by atoms with Crippen molar-refractivity contribution in [2.45, 2.75) is 0 Å². The van der Waals surface area contributed by atoms with Gasteiger partial charge in [-0.3, -0.25) is 0 Å². The van der Waals surface area contributed by atoms with Gasteiger partial charge in [-0.05, 0) is 12.1 Å². The number of ether oxygens (including phenoxy) is 2. The summed E-state index contributed by atoms with van der Waals surface area (Å²) < 4.78 is 10.5. The summed E-state index contributed by atoms with van der Waals surface area (Å²) in [4.78, 5) is 15.4. The molecule has 0 aliphatic heterocycles. The summed E-state index contributed by atoms with van der Waals surface area (Å²) in [5, 5.41) is 3.20. The van der Waals surface area contributed by atoms with Crippen LogP contribution in [0.1, 0.15) is 0 Å². The molecule has 0 unspecified atom stereocenters. The fourth-order valence-corrected chi connectivity index (χ4v) is 1.90. The van der Waals surface area contributed by atoms with Crippen molar-refractivity contribution in [3.8, 4) is 11.5 Å². The van der Waals surface area contributed by atoms with Crippen molar-refractivity contribution in [2.24, 2.45) is 0 Å². The number of hydrogen-bond acceptors (Lipinski definition) is 6. The number of aromatic amines is 1. The third-order valence-corrected chi connectivity index (χ3v) is 2.88. The van der Waals surface area contributed by atoms with E-state index in [1.807, 2.05) is 18.2 Å². The molecule has 0 aliphatic rings. The average Bonchev–Trinajstić information content (AvgIpc) is 2.96. The maximum atomic E-state index is 5.32. The van der Waals surface area contributed by atoms with Crippen LogP contribution in [0.15, 0.2) is 30.9 Å². The van der Waals surface area contributed by atoms with Gasteiger partial charge in [0, 0.05) is 6.07 Å². The van der Waals surface area contributed by atoms with E-state index < -0.39 is 0 Å². The molecule has 0 saturated heterocycles. The van der Waals surface area contributed by atoms with Gasteiger partial charge < -0.3 is 19.8 Å². The highest BCUT2D eigenvalue weighted by Crippen LogP contribution is 2.32. The Labute approximate surface area is 115 Å². The lowest BCUT2D eigenvalue weighted by Crippen LogP contribution is -1.99. The number of aromatic nitrogens is 4. The fraction of sp³-hybridized carbons (Fsp3) is 0.154. The lowest BCUT2D eigenvalue weighted by molar-refractivity contribution is 0.405. The molecule has 3 rings (SSSR count). The molecule has 2 heterocycles. The van der Waals surface area contributed by atoms with Crippen molar-refractivity contribution in [3.63, 3.8) is 0 Å². The van der Waals surface area contributed by atoms with Crippen LogP contribution in [0.3, 0.4) is 0 Å². The summed E-state index contributed by atoms with van der Waals surface area (Å²) in [7, 11) is 3.22. The van der Waals surface area contributed by atoms with E-state index in [1.54, 1.807) is 20.5 Å². The first kappa shape index (κ1) is 12.2. The molecule has 2 N–H and O–H groups in total. The van der Waals surface area contributed by atoms with Gasteiger partial charge in [-0.25, -0.2) is 15.0 Å². The summed E-state index contributed by atoms with van der Waals surface area (Å²) in [6.07, 6.45) is 3.03. The molecule has 7 heteroatoms. The zero-order valence-corrected chi connectivity index (χ0v) is 11.0. The maximum absolute atomic E-state index is 5.32. The number of rotatable bonds is 4. The number of hydrogen-bond donors (Lipinski definition) is 2. The van der Waals surface area contributed by atoms with E-state index in [4.69, 9.17) is 9.47 Å². The Hall–Kier alpha value is -2.83. The number of fused-ring (bicyclic) bond motifs is 1. The zero-order chi connectivity index (χ0) is 13.9. The van der Waals surface area contributed by atoms with Crippen molar-refractivity contribution >= 4 is 22.7 Å². The number of H-pyrrole nitrogens is 1. The number of nitrogens with zero attached hydrogens (tertiary/aromatic N) is 3. The Morgan fingerprint density at radius 3 is 2.80 bits per heavy atom. The van der Waals surface area contributed by atoms with Crippen LogP contribution in [0.2, 0.25) is 0 Å². The lowest BCUT2D eigenvalue weighted by atomic mass is 10.2. The second-order valence-corrected chi connectivity index (χ2v) is 4.01. The van der Waals surface area contributed by atoms with E-state index in [1.165, 1.54) is 6.33 Å². The first-order valence-corrected chi connectivity index (χ1v) is 5.95. The SMILES string of the molecule is COc1ccc(OC)c(Nc2ncnc3nc[nH]c23)c1. The number of nitrogens with one attached hydrogen (secondary N) is 2. The summed E-state index contributed by atoms with van der Waals surface area (Å²) in [6.45, 7) is 0. The van der Waals surface area contributed by atoms with Crippen LogP contribution < -0.4 is 14.8 Å². The quantitative estimate of drug-likeness (QED) is 0.756. The minimum atomic E-state index is 0.601. The van der Waals surface area contributed by atoms with E-state index in [9.17, 15) is 0 Å². The number of imidazole rings is 1. The van der Waals surface area contributed by atoms with Crippen LogP contribution in [0.4, 0.5) is 11.5 Å². The number of anilines is 2.